The largest absolute Gasteiger partial charge is 0.495 e. The SMILES string of the molecule is CNc1cc(-c2cc(Cl)c(OC)cc2C)nc(N)n1. The van der Waals surface area contributed by atoms with Gasteiger partial charge in [-0.05, 0) is 24.6 Å². The van der Waals surface area contributed by atoms with Gasteiger partial charge in [0.2, 0.25) is 5.95 Å². The number of nitrogens with zero attached hydrogens (tertiary/aromatic N) is 2. The summed E-state index contributed by atoms with van der Waals surface area (Å²) in [5, 5.41) is 3.48. The molecule has 0 saturated carbocycles. The van der Waals surface area contributed by atoms with Crippen LogP contribution in [0.5, 0.6) is 5.75 Å². The highest BCUT2D eigenvalue weighted by Gasteiger charge is 2.11. The highest BCUT2D eigenvalue weighted by Crippen LogP contribution is 2.33. The Balaban J connectivity index is 2.58. The second-order valence-corrected chi connectivity index (χ2v) is 4.46. The lowest BCUT2D eigenvalue weighted by Gasteiger charge is -2.11. The fourth-order valence-electron chi connectivity index (χ4n) is 1.82. The van der Waals surface area contributed by atoms with E-state index in [-0.39, 0.29) is 5.95 Å². The summed E-state index contributed by atoms with van der Waals surface area (Å²) in [6.07, 6.45) is 0. The van der Waals surface area contributed by atoms with E-state index in [1.165, 1.54) is 0 Å². The molecule has 1 aromatic heterocycles. The first-order valence-electron chi connectivity index (χ1n) is 5.72. The van der Waals surface area contributed by atoms with Crippen LogP contribution in [0.2, 0.25) is 5.02 Å². The molecule has 0 spiro atoms. The second-order valence-electron chi connectivity index (χ2n) is 4.05. The number of aromatic nitrogens is 2. The maximum atomic E-state index is 6.15. The van der Waals surface area contributed by atoms with E-state index in [9.17, 15) is 0 Å². The molecule has 0 fully saturated rings. The van der Waals surface area contributed by atoms with Gasteiger partial charge < -0.3 is 15.8 Å². The number of rotatable bonds is 3. The Morgan fingerprint density at radius 2 is 2.00 bits per heavy atom. The number of hydrogen-bond donors (Lipinski definition) is 2. The fourth-order valence-corrected chi connectivity index (χ4v) is 2.06. The van der Waals surface area contributed by atoms with Crippen LogP contribution < -0.4 is 15.8 Å². The van der Waals surface area contributed by atoms with Crippen LogP contribution in [0.1, 0.15) is 5.56 Å². The summed E-state index contributed by atoms with van der Waals surface area (Å²) in [5.74, 6) is 1.51. The maximum Gasteiger partial charge on any atom is 0.222 e. The molecule has 6 heteroatoms. The molecular weight excluding hydrogens is 264 g/mol. The van der Waals surface area contributed by atoms with Crippen LogP contribution in [0, 0.1) is 6.92 Å². The first-order chi connectivity index (χ1) is 9.05. The molecule has 2 aromatic rings. The quantitative estimate of drug-likeness (QED) is 0.903. The predicted octanol–water partition coefficient (Wildman–Crippen LogP) is 2.74. The molecule has 1 aromatic carbocycles. The molecule has 3 N–H and O–H groups in total. The Hall–Kier alpha value is -2.01. The first kappa shape index (κ1) is 13.4. The Bertz CT molecular complexity index is 616. The monoisotopic (exact) mass is 278 g/mol. The van der Waals surface area contributed by atoms with Crippen LogP contribution in [0.3, 0.4) is 0 Å². The van der Waals surface area contributed by atoms with E-state index in [0.29, 0.717) is 16.6 Å². The van der Waals surface area contributed by atoms with Gasteiger partial charge in [-0.2, -0.15) is 4.98 Å². The molecule has 5 nitrogen and oxygen atoms in total. The summed E-state index contributed by atoms with van der Waals surface area (Å²) < 4.78 is 5.18. The zero-order chi connectivity index (χ0) is 14.0. The van der Waals surface area contributed by atoms with Crippen molar-refractivity contribution in [2.45, 2.75) is 6.92 Å². The molecule has 0 unspecified atom stereocenters. The van der Waals surface area contributed by atoms with Crippen molar-refractivity contribution in [3.63, 3.8) is 0 Å². The Morgan fingerprint density at radius 1 is 1.26 bits per heavy atom. The van der Waals surface area contributed by atoms with Crippen molar-refractivity contribution in [3.8, 4) is 17.0 Å². The Labute approximate surface area is 116 Å². The van der Waals surface area contributed by atoms with E-state index in [4.69, 9.17) is 22.1 Å². The minimum Gasteiger partial charge on any atom is -0.495 e. The summed E-state index contributed by atoms with van der Waals surface area (Å²) in [5.41, 5.74) is 8.32. The molecule has 0 aliphatic carbocycles. The zero-order valence-electron chi connectivity index (χ0n) is 11.0. The van der Waals surface area contributed by atoms with Crippen molar-refractivity contribution < 1.29 is 4.74 Å². The molecule has 0 saturated heterocycles. The molecule has 0 bridgehead atoms. The van der Waals surface area contributed by atoms with Crippen LogP contribution in [0.25, 0.3) is 11.3 Å². The van der Waals surface area contributed by atoms with Crippen molar-refractivity contribution in [1.82, 2.24) is 9.97 Å². The fraction of sp³-hybridized carbons (Fsp3) is 0.231. The van der Waals surface area contributed by atoms with E-state index in [1.807, 2.05) is 25.1 Å². The molecule has 19 heavy (non-hydrogen) atoms. The third kappa shape index (κ3) is 2.71. The minimum absolute atomic E-state index is 0.216. The summed E-state index contributed by atoms with van der Waals surface area (Å²) in [4.78, 5) is 8.30. The Kier molecular flexibility index (Phi) is 3.76. The average Bonchev–Trinajstić information content (AvgIpc) is 2.40. The molecule has 2 rings (SSSR count). The molecule has 0 aliphatic heterocycles. The van der Waals surface area contributed by atoms with E-state index >= 15 is 0 Å². The van der Waals surface area contributed by atoms with Gasteiger partial charge in [0.05, 0.1) is 17.8 Å². The molecule has 0 aliphatic rings. The van der Waals surface area contributed by atoms with Crippen LogP contribution in [0.4, 0.5) is 11.8 Å². The van der Waals surface area contributed by atoms with Crippen LogP contribution in [0.15, 0.2) is 18.2 Å². The number of nitrogens with one attached hydrogen (secondary N) is 1. The van der Waals surface area contributed by atoms with E-state index in [0.717, 1.165) is 16.8 Å². The van der Waals surface area contributed by atoms with Gasteiger partial charge in [-0.1, -0.05) is 11.6 Å². The van der Waals surface area contributed by atoms with Gasteiger partial charge in [-0.15, -0.1) is 0 Å². The number of halogens is 1. The molecule has 0 atom stereocenters. The summed E-state index contributed by atoms with van der Waals surface area (Å²) >= 11 is 6.15. The van der Waals surface area contributed by atoms with Crippen LogP contribution in [-0.4, -0.2) is 24.1 Å². The highest BCUT2D eigenvalue weighted by molar-refractivity contribution is 6.32. The first-order valence-corrected chi connectivity index (χ1v) is 6.09. The number of nitrogens with two attached hydrogens (primary N) is 1. The molecule has 0 amide bonds. The van der Waals surface area contributed by atoms with Crippen molar-refractivity contribution in [2.24, 2.45) is 0 Å². The van der Waals surface area contributed by atoms with Crippen LogP contribution in [-0.2, 0) is 0 Å². The third-order valence-electron chi connectivity index (χ3n) is 2.77. The van der Waals surface area contributed by atoms with Gasteiger partial charge in [0.25, 0.3) is 0 Å². The standard InChI is InChI=1S/C13H15ClN4O/c1-7-4-11(19-3)9(14)5-8(7)10-6-12(16-2)18-13(15)17-10/h4-6H,1-3H3,(H3,15,16,17,18). The van der Waals surface area contributed by atoms with Gasteiger partial charge in [0, 0.05) is 18.7 Å². The van der Waals surface area contributed by atoms with Crippen molar-refractivity contribution >= 4 is 23.4 Å². The highest BCUT2D eigenvalue weighted by atomic mass is 35.5. The van der Waals surface area contributed by atoms with Crippen LogP contribution >= 0.6 is 11.6 Å². The minimum atomic E-state index is 0.216. The predicted molar refractivity (Wildman–Crippen MR) is 77.7 cm³/mol. The van der Waals surface area contributed by atoms with E-state index < -0.39 is 0 Å². The summed E-state index contributed by atoms with van der Waals surface area (Å²) in [7, 11) is 3.36. The maximum absolute atomic E-state index is 6.15. The number of nitrogen functional groups attached to an aromatic ring is 1. The molecule has 1 heterocycles. The van der Waals surface area contributed by atoms with Gasteiger partial charge in [0.15, 0.2) is 0 Å². The number of anilines is 2. The van der Waals surface area contributed by atoms with Gasteiger partial charge in [-0.25, -0.2) is 4.98 Å². The summed E-state index contributed by atoms with van der Waals surface area (Å²) in [6.45, 7) is 1.96. The van der Waals surface area contributed by atoms with Crippen molar-refractivity contribution in [1.29, 1.82) is 0 Å². The molecular formula is C13H15ClN4O. The van der Waals surface area contributed by atoms with Gasteiger partial charge in [0.1, 0.15) is 11.6 Å². The lowest BCUT2D eigenvalue weighted by molar-refractivity contribution is 0.415. The molecule has 100 valence electrons. The normalized spacial score (nSPS) is 10.3. The summed E-state index contributed by atoms with van der Waals surface area (Å²) in [6, 6.07) is 5.51. The Morgan fingerprint density at radius 3 is 2.63 bits per heavy atom. The van der Waals surface area contributed by atoms with E-state index in [2.05, 4.69) is 15.3 Å². The average molecular weight is 279 g/mol. The number of aryl methyl sites for hydroxylation is 1. The van der Waals surface area contributed by atoms with E-state index in [1.54, 1.807) is 14.2 Å². The lowest BCUT2D eigenvalue weighted by Crippen LogP contribution is -2.01. The van der Waals surface area contributed by atoms with Gasteiger partial charge in [-0.3, -0.25) is 0 Å². The second kappa shape index (κ2) is 5.32. The van der Waals surface area contributed by atoms with Crippen molar-refractivity contribution in [3.05, 3.63) is 28.8 Å². The smallest absolute Gasteiger partial charge is 0.222 e. The third-order valence-corrected chi connectivity index (χ3v) is 3.07. The number of ether oxygens (including phenoxy) is 1. The number of methoxy groups -OCH3 is 1. The zero-order valence-corrected chi connectivity index (χ0v) is 11.7. The number of hydrogen-bond acceptors (Lipinski definition) is 5. The molecule has 0 radical (unpaired) electrons. The topological polar surface area (TPSA) is 73.1 Å². The van der Waals surface area contributed by atoms with Crippen molar-refractivity contribution in [2.75, 3.05) is 25.2 Å². The lowest BCUT2D eigenvalue weighted by atomic mass is 10.0. The number of benzene rings is 1. The van der Waals surface area contributed by atoms with Gasteiger partial charge >= 0.3 is 0 Å².